The van der Waals surface area contributed by atoms with Gasteiger partial charge in [-0.15, -0.1) is 0 Å². The van der Waals surface area contributed by atoms with Gasteiger partial charge in [-0.2, -0.15) is 0 Å². The van der Waals surface area contributed by atoms with Crippen LogP contribution < -0.4 is 10.5 Å². The topological polar surface area (TPSA) is 35.2 Å². The molecule has 17 heavy (non-hydrogen) atoms. The van der Waals surface area contributed by atoms with Crippen molar-refractivity contribution in [2.24, 2.45) is 0 Å². The normalized spacial score (nSPS) is 10.2. The monoisotopic (exact) mass is 267 g/mol. The zero-order valence-corrected chi connectivity index (χ0v) is 10.5. The summed E-state index contributed by atoms with van der Waals surface area (Å²) in [4.78, 5) is 0. The summed E-state index contributed by atoms with van der Waals surface area (Å²) < 4.78 is 5.59. The largest absolute Gasteiger partial charge is 0.487 e. The molecule has 0 saturated heterocycles. The first kappa shape index (κ1) is 12.1. The molecule has 0 unspecified atom stereocenters. The first-order chi connectivity index (χ1) is 8.16. The highest BCUT2D eigenvalue weighted by Crippen LogP contribution is 2.27. The molecular formula is C13H11Cl2NO. The lowest BCUT2D eigenvalue weighted by atomic mass is 10.2. The van der Waals surface area contributed by atoms with Crippen LogP contribution in [0.25, 0.3) is 0 Å². The van der Waals surface area contributed by atoms with Gasteiger partial charge in [-0.1, -0.05) is 41.4 Å². The fourth-order valence-electron chi connectivity index (χ4n) is 1.40. The maximum atomic E-state index is 6.02. The molecule has 0 atom stereocenters. The van der Waals surface area contributed by atoms with Gasteiger partial charge in [-0.25, -0.2) is 0 Å². The van der Waals surface area contributed by atoms with Crippen molar-refractivity contribution in [1.29, 1.82) is 0 Å². The molecule has 0 amide bonds. The van der Waals surface area contributed by atoms with E-state index in [1.165, 1.54) is 0 Å². The van der Waals surface area contributed by atoms with Crippen molar-refractivity contribution in [2.75, 3.05) is 5.73 Å². The van der Waals surface area contributed by atoms with E-state index in [9.17, 15) is 0 Å². The Bertz CT molecular complexity index is 529. The van der Waals surface area contributed by atoms with Crippen LogP contribution in [0.1, 0.15) is 5.56 Å². The molecule has 0 aliphatic rings. The summed E-state index contributed by atoms with van der Waals surface area (Å²) in [6, 6.07) is 12.6. The molecule has 0 bridgehead atoms. The lowest BCUT2D eigenvalue weighted by molar-refractivity contribution is 0.308. The fourth-order valence-corrected chi connectivity index (χ4v) is 1.76. The highest BCUT2D eigenvalue weighted by Gasteiger charge is 2.04. The molecule has 0 aliphatic heterocycles. The van der Waals surface area contributed by atoms with E-state index < -0.39 is 0 Å². The van der Waals surface area contributed by atoms with Crippen LogP contribution in [0.5, 0.6) is 5.75 Å². The van der Waals surface area contributed by atoms with Crippen molar-refractivity contribution < 1.29 is 4.74 Å². The van der Waals surface area contributed by atoms with E-state index in [0.717, 1.165) is 5.56 Å². The number of anilines is 1. The van der Waals surface area contributed by atoms with E-state index in [1.54, 1.807) is 18.2 Å². The third-order valence-corrected chi connectivity index (χ3v) is 2.92. The fraction of sp³-hybridized carbons (Fsp3) is 0.0769. The van der Waals surface area contributed by atoms with Crippen molar-refractivity contribution in [3.63, 3.8) is 0 Å². The van der Waals surface area contributed by atoms with Gasteiger partial charge in [0.05, 0.1) is 5.69 Å². The van der Waals surface area contributed by atoms with Gasteiger partial charge in [0, 0.05) is 21.7 Å². The van der Waals surface area contributed by atoms with Crippen molar-refractivity contribution in [2.45, 2.75) is 6.61 Å². The van der Waals surface area contributed by atoms with Crippen molar-refractivity contribution in [1.82, 2.24) is 0 Å². The molecule has 0 saturated carbocycles. The first-order valence-electron chi connectivity index (χ1n) is 5.08. The molecule has 0 heterocycles. The van der Waals surface area contributed by atoms with Crippen LogP contribution in [0.3, 0.4) is 0 Å². The van der Waals surface area contributed by atoms with Gasteiger partial charge in [0.1, 0.15) is 12.4 Å². The zero-order chi connectivity index (χ0) is 12.3. The van der Waals surface area contributed by atoms with Gasteiger partial charge >= 0.3 is 0 Å². The molecule has 2 nitrogen and oxygen atoms in total. The average molecular weight is 268 g/mol. The summed E-state index contributed by atoms with van der Waals surface area (Å²) >= 11 is 11.9. The Balaban J connectivity index is 2.12. The predicted octanol–water partition coefficient (Wildman–Crippen LogP) is 4.15. The van der Waals surface area contributed by atoms with Crippen molar-refractivity contribution in [3.05, 3.63) is 58.1 Å². The Kier molecular flexibility index (Phi) is 3.77. The minimum absolute atomic E-state index is 0.365. The second kappa shape index (κ2) is 5.30. The summed E-state index contributed by atoms with van der Waals surface area (Å²) in [7, 11) is 0. The molecular weight excluding hydrogens is 257 g/mol. The number of ether oxygens (including phenoxy) is 1. The second-order valence-electron chi connectivity index (χ2n) is 3.56. The average Bonchev–Trinajstić information content (AvgIpc) is 2.32. The van der Waals surface area contributed by atoms with Gasteiger partial charge in [-0.3, -0.25) is 0 Å². The molecule has 0 aliphatic carbocycles. The quantitative estimate of drug-likeness (QED) is 0.848. The van der Waals surface area contributed by atoms with Crippen LogP contribution in [-0.2, 0) is 6.61 Å². The molecule has 88 valence electrons. The standard InChI is InChI=1S/C13H11Cl2NO/c14-10-5-6-12(16)13(7-10)17-8-9-3-1-2-4-11(9)15/h1-7H,8,16H2. The highest BCUT2D eigenvalue weighted by atomic mass is 35.5. The first-order valence-corrected chi connectivity index (χ1v) is 5.83. The molecule has 0 radical (unpaired) electrons. The molecule has 0 spiro atoms. The molecule has 2 aromatic carbocycles. The second-order valence-corrected chi connectivity index (χ2v) is 4.41. The lowest BCUT2D eigenvalue weighted by Crippen LogP contribution is -1.99. The maximum Gasteiger partial charge on any atom is 0.144 e. The van der Waals surface area contributed by atoms with E-state index in [1.807, 2.05) is 24.3 Å². The third-order valence-electron chi connectivity index (χ3n) is 2.32. The smallest absolute Gasteiger partial charge is 0.144 e. The maximum absolute atomic E-state index is 6.02. The lowest BCUT2D eigenvalue weighted by Gasteiger charge is -2.10. The minimum atomic E-state index is 0.365. The van der Waals surface area contributed by atoms with Crippen molar-refractivity contribution >= 4 is 28.9 Å². The van der Waals surface area contributed by atoms with E-state index in [0.29, 0.717) is 28.1 Å². The van der Waals surface area contributed by atoms with Gasteiger partial charge in [0.15, 0.2) is 0 Å². The van der Waals surface area contributed by atoms with Crippen LogP contribution in [0.4, 0.5) is 5.69 Å². The Hall–Kier alpha value is -1.38. The molecule has 2 aromatic rings. The highest BCUT2D eigenvalue weighted by molar-refractivity contribution is 6.31. The van der Waals surface area contributed by atoms with Crippen LogP contribution in [0.15, 0.2) is 42.5 Å². The predicted molar refractivity (Wildman–Crippen MR) is 71.6 cm³/mol. The summed E-state index contributed by atoms with van der Waals surface area (Å²) in [6.07, 6.45) is 0. The number of benzene rings is 2. The Morgan fingerprint density at radius 2 is 1.82 bits per heavy atom. The third kappa shape index (κ3) is 3.05. The number of hydrogen-bond donors (Lipinski definition) is 1. The molecule has 0 fully saturated rings. The van der Waals surface area contributed by atoms with Crippen molar-refractivity contribution in [3.8, 4) is 5.75 Å². The molecule has 4 heteroatoms. The molecule has 2 N–H and O–H groups in total. The molecule has 2 rings (SSSR count). The molecule has 0 aromatic heterocycles. The van der Waals surface area contributed by atoms with E-state index >= 15 is 0 Å². The summed E-state index contributed by atoms with van der Waals surface area (Å²) in [5, 5.41) is 1.27. The van der Waals surface area contributed by atoms with Crippen LogP contribution >= 0.6 is 23.2 Å². The van der Waals surface area contributed by atoms with Gasteiger partial charge < -0.3 is 10.5 Å². The van der Waals surface area contributed by atoms with E-state index in [4.69, 9.17) is 33.7 Å². The Labute approximate surface area is 110 Å². The minimum Gasteiger partial charge on any atom is -0.487 e. The zero-order valence-electron chi connectivity index (χ0n) is 8.99. The summed E-state index contributed by atoms with van der Waals surface area (Å²) in [6.45, 7) is 0.365. The van der Waals surface area contributed by atoms with Crippen LogP contribution in [0, 0.1) is 0 Å². The van der Waals surface area contributed by atoms with Crippen LogP contribution in [0.2, 0.25) is 10.0 Å². The SMILES string of the molecule is Nc1ccc(Cl)cc1OCc1ccccc1Cl. The number of hydrogen-bond acceptors (Lipinski definition) is 2. The summed E-state index contributed by atoms with van der Waals surface area (Å²) in [5.41, 5.74) is 7.24. The Morgan fingerprint density at radius 3 is 2.59 bits per heavy atom. The Morgan fingerprint density at radius 1 is 1.06 bits per heavy atom. The van der Waals surface area contributed by atoms with E-state index in [2.05, 4.69) is 0 Å². The number of rotatable bonds is 3. The number of halogens is 2. The number of nitrogen functional groups attached to an aromatic ring is 1. The van der Waals surface area contributed by atoms with Crippen LogP contribution in [-0.4, -0.2) is 0 Å². The van der Waals surface area contributed by atoms with Gasteiger partial charge in [0.2, 0.25) is 0 Å². The number of nitrogens with two attached hydrogens (primary N) is 1. The van der Waals surface area contributed by atoms with E-state index in [-0.39, 0.29) is 0 Å². The van der Waals surface area contributed by atoms with Gasteiger partial charge in [-0.05, 0) is 18.2 Å². The summed E-state index contributed by atoms with van der Waals surface area (Å²) in [5.74, 6) is 0.567. The van der Waals surface area contributed by atoms with Gasteiger partial charge in [0.25, 0.3) is 0 Å².